The highest BCUT2D eigenvalue weighted by Gasteiger charge is 2.17. The van der Waals surface area contributed by atoms with Gasteiger partial charge >= 0.3 is 5.97 Å². The molecule has 0 aliphatic carbocycles. The zero-order chi connectivity index (χ0) is 26.4. The van der Waals surface area contributed by atoms with Crippen LogP contribution < -0.4 is 14.2 Å². The molecule has 4 aromatic rings. The second-order valence-electron chi connectivity index (χ2n) is 8.55. The molecule has 7 nitrogen and oxygen atoms in total. The number of carboxylic acid groups (broad SMARTS) is 1. The van der Waals surface area contributed by atoms with Crippen LogP contribution in [0.15, 0.2) is 48.7 Å². The van der Waals surface area contributed by atoms with Crippen LogP contribution in [0.2, 0.25) is 0 Å². The highest BCUT2D eigenvalue weighted by molar-refractivity contribution is 14.1. The lowest BCUT2D eigenvalue weighted by Gasteiger charge is -2.13. The molecule has 0 spiro atoms. The molecule has 2 aromatic heterocycles. The van der Waals surface area contributed by atoms with Crippen molar-refractivity contribution in [3.63, 3.8) is 0 Å². The van der Waals surface area contributed by atoms with E-state index in [1.807, 2.05) is 66.8 Å². The fourth-order valence-corrected chi connectivity index (χ4v) is 5.42. The van der Waals surface area contributed by atoms with E-state index in [2.05, 4.69) is 24.0 Å². The van der Waals surface area contributed by atoms with Gasteiger partial charge in [-0.25, -0.2) is 9.78 Å². The van der Waals surface area contributed by atoms with E-state index in [-0.39, 0.29) is 0 Å². The molecule has 0 bridgehead atoms. The molecular formula is C28H31IN2O5S. The quantitative estimate of drug-likeness (QED) is 0.0945. The number of hydrogen-bond donors (Lipinski definition) is 1. The van der Waals surface area contributed by atoms with Crippen molar-refractivity contribution in [2.24, 2.45) is 0 Å². The minimum absolute atomic E-state index is 0.524. The van der Waals surface area contributed by atoms with Gasteiger partial charge in [-0.3, -0.25) is 0 Å². The molecule has 9 heteroatoms. The van der Waals surface area contributed by atoms with Crippen molar-refractivity contribution >= 4 is 50.8 Å². The van der Waals surface area contributed by atoms with Gasteiger partial charge in [0.25, 0.3) is 0 Å². The lowest BCUT2D eigenvalue weighted by atomic mass is 10.1. The maximum atomic E-state index is 11.3. The maximum absolute atomic E-state index is 11.3. The van der Waals surface area contributed by atoms with Crippen molar-refractivity contribution in [2.45, 2.75) is 44.1 Å². The van der Waals surface area contributed by atoms with Gasteiger partial charge in [0, 0.05) is 29.1 Å². The molecule has 0 saturated carbocycles. The standard InChI is InChI=1S/C28H31IN2O5S/c1-4-7-20-16-21(27-30-26(34-5-2)18(3)37-27)8-11-24(20)36-15-6-14-35-22-9-10-23-19(17-22)12-13-31(23)25(29)28(32)33/h8-13,16-17,25H,4-7,14-15H2,1-3H3,(H,32,33)/t25-/m1/s1. The number of ether oxygens (including phenoxy) is 3. The van der Waals surface area contributed by atoms with E-state index in [9.17, 15) is 9.90 Å². The lowest BCUT2D eigenvalue weighted by molar-refractivity contribution is -0.137. The Labute approximate surface area is 234 Å². The summed E-state index contributed by atoms with van der Waals surface area (Å²) in [5.74, 6) is 1.50. The van der Waals surface area contributed by atoms with Gasteiger partial charge in [-0.2, -0.15) is 0 Å². The van der Waals surface area contributed by atoms with Crippen LogP contribution in [0.3, 0.4) is 0 Å². The first-order valence-electron chi connectivity index (χ1n) is 12.4. The Bertz CT molecular complexity index is 1370. The fourth-order valence-electron chi connectivity index (χ4n) is 4.07. The van der Waals surface area contributed by atoms with Crippen molar-refractivity contribution in [3.05, 3.63) is 59.1 Å². The van der Waals surface area contributed by atoms with Crippen LogP contribution >= 0.6 is 33.9 Å². The number of fused-ring (bicyclic) bond motifs is 1. The normalized spacial score (nSPS) is 12.0. The lowest BCUT2D eigenvalue weighted by Crippen LogP contribution is -2.11. The van der Waals surface area contributed by atoms with Gasteiger partial charge in [0.1, 0.15) is 16.5 Å². The Kier molecular flexibility index (Phi) is 9.31. The molecule has 0 amide bonds. The summed E-state index contributed by atoms with van der Waals surface area (Å²) in [7, 11) is 0. The monoisotopic (exact) mass is 634 g/mol. The number of halogens is 1. The number of aryl methyl sites for hydroxylation is 2. The molecule has 4 rings (SSSR count). The van der Waals surface area contributed by atoms with Crippen molar-refractivity contribution in [1.29, 1.82) is 0 Å². The third kappa shape index (κ3) is 6.56. The molecule has 1 atom stereocenters. The summed E-state index contributed by atoms with van der Waals surface area (Å²) in [6.07, 6.45) is 4.49. The molecule has 37 heavy (non-hydrogen) atoms. The Morgan fingerprint density at radius 3 is 2.68 bits per heavy atom. The molecule has 0 unspecified atom stereocenters. The Morgan fingerprint density at radius 1 is 1.11 bits per heavy atom. The third-order valence-corrected chi connectivity index (χ3v) is 7.95. The molecule has 0 saturated heterocycles. The van der Waals surface area contributed by atoms with Gasteiger partial charge in [-0.05, 0) is 90.9 Å². The number of aliphatic carboxylic acids is 1. The number of carbonyl (C=O) groups is 1. The third-order valence-electron chi connectivity index (χ3n) is 5.82. The SMILES string of the molecule is CCCc1cc(-c2nc(OCC)c(C)s2)ccc1OCCCOc1ccc2c(ccn2[C@@H](I)C(=O)O)c1. The second kappa shape index (κ2) is 12.6. The Balaban J connectivity index is 1.33. The minimum Gasteiger partial charge on any atom is -0.493 e. The average molecular weight is 635 g/mol. The van der Waals surface area contributed by atoms with Crippen molar-refractivity contribution in [2.75, 3.05) is 19.8 Å². The largest absolute Gasteiger partial charge is 0.493 e. The summed E-state index contributed by atoms with van der Waals surface area (Å²) in [6.45, 7) is 7.85. The number of nitrogens with zero attached hydrogens (tertiary/aromatic N) is 2. The van der Waals surface area contributed by atoms with Crippen LogP contribution in [0, 0.1) is 6.92 Å². The molecule has 0 fully saturated rings. The molecule has 2 aromatic carbocycles. The zero-order valence-electron chi connectivity index (χ0n) is 21.2. The smallest absolute Gasteiger partial charge is 0.337 e. The fraction of sp³-hybridized carbons (Fsp3) is 0.357. The van der Waals surface area contributed by atoms with Crippen molar-refractivity contribution < 1.29 is 24.1 Å². The van der Waals surface area contributed by atoms with E-state index in [0.29, 0.717) is 25.7 Å². The zero-order valence-corrected chi connectivity index (χ0v) is 24.2. The van der Waals surface area contributed by atoms with Gasteiger partial charge in [0.2, 0.25) is 5.88 Å². The summed E-state index contributed by atoms with van der Waals surface area (Å²) in [5, 5.41) is 11.2. The van der Waals surface area contributed by atoms with Crippen molar-refractivity contribution in [3.8, 4) is 28.0 Å². The van der Waals surface area contributed by atoms with E-state index in [0.717, 1.165) is 57.1 Å². The highest BCUT2D eigenvalue weighted by atomic mass is 127. The first-order chi connectivity index (χ1) is 17.9. The number of thiazole rings is 1. The summed E-state index contributed by atoms with van der Waals surface area (Å²) in [4.78, 5) is 17.1. The maximum Gasteiger partial charge on any atom is 0.337 e. The minimum atomic E-state index is -0.871. The molecular weight excluding hydrogens is 603 g/mol. The number of aromatic nitrogens is 2. The van der Waals surface area contributed by atoms with Crippen molar-refractivity contribution in [1.82, 2.24) is 9.55 Å². The van der Waals surface area contributed by atoms with E-state index in [1.165, 1.54) is 5.56 Å². The number of alkyl halides is 1. The second-order valence-corrected chi connectivity index (χ2v) is 10.9. The Morgan fingerprint density at radius 2 is 1.92 bits per heavy atom. The van der Waals surface area contributed by atoms with Crippen LogP contribution in [0.4, 0.5) is 0 Å². The predicted octanol–water partition coefficient (Wildman–Crippen LogP) is 7.29. The summed E-state index contributed by atoms with van der Waals surface area (Å²) >= 11 is 3.56. The van der Waals surface area contributed by atoms with Crippen LogP contribution in [0.5, 0.6) is 17.4 Å². The molecule has 0 aliphatic heterocycles. The average Bonchev–Trinajstić information content (AvgIpc) is 3.47. The molecule has 2 heterocycles. The topological polar surface area (TPSA) is 82.8 Å². The van der Waals surface area contributed by atoms with Crippen LogP contribution in [0.1, 0.15) is 41.2 Å². The van der Waals surface area contributed by atoms with Gasteiger partial charge in [0.15, 0.2) is 4.05 Å². The van der Waals surface area contributed by atoms with E-state index in [1.54, 1.807) is 22.1 Å². The molecule has 196 valence electrons. The van der Waals surface area contributed by atoms with Gasteiger partial charge in [-0.1, -0.05) is 13.3 Å². The highest BCUT2D eigenvalue weighted by Crippen LogP contribution is 2.34. The van der Waals surface area contributed by atoms with Crippen LogP contribution in [-0.2, 0) is 11.2 Å². The van der Waals surface area contributed by atoms with E-state index >= 15 is 0 Å². The number of rotatable bonds is 13. The van der Waals surface area contributed by atoms with Crippen LogP contribution in [-0.4, -0.2) is 40.4 Å². The molecule has 1 N–H and O–H groups in total. The number of benzene rings is 2. The van der Waals surface area contributed by atoms with Gasteiger partial charge < -0.3 is 23.9 Å². The van der Waals surface area contributed by atoms with Gasteiger partial charge in [0.05, 0.1) is 24.7 Å². The molecule has 0 radical (unpaired) electrons. The molecule has 0 aliphatic rings. The summed E-state index contributed by atoms with van der Waals surface area (Å²) < 4.78 is 18.8. The number of hydrogen-bond acceptors (Lipinski definition) is 6. The number of carboxylic acids is 1. The summed E-state index contributed by atoms with van der Waals surface area (Å²) in [5.41, 5.74) is 3.13. The first kappa shape index (κ1) is 27.3. The van der Waals surface area contributed by atoms with E-state index in [4.69, 9.17) is 14.2 Å². The Hall–Kier alpha value is -2.79. The first-order valence-corrected chi connectivity index (χ1v) is 14.4. The summed E-state index contributed by atoms with van der Waals surface area (Å²) in [6, 6.07) is 13.9. The predicted molar refractivity (Wildman–Crippen MR) is 156 cm³/mol. The van der Waals surface area contributed by atoms with Gasteiger partial charge in [-0.15, -0.1) is 11.3 Å². The van der Waals surface area contributed by atoms with E-state index < -0.39 is 10.0 Å². The van der Waals surface area contributed by atoms with Crippen LogP contribution in [0.25, 0.3) is 21.5 Å².